The minimum atomic E-state index is 0.0444. The third kappa shape index (κ3) is 3.93. The van der Waals surface area contributed by atoms with Crippen LogP contribution in [0.4, 0.5) is 0 Å². The van der Waals surface area contributed by atoms with Crippen LogP contribution in [-0.2, 0) is 30.7 Å². The van der Waals surface area contributed by atoms with Gasteiger partial charge >= 0.3 is 0 Å². The third-order valence-electron chi connectivity index (χ3n) is 3.71. The lowest BCUT2D eigenvalue weighted by Crippen LogP contribution is -2.33. The summed E-state index contributed by atoms with van der Waals surface area (Å²) >= 11 is 1.89. The van der Waals surface area contributed by atoms with E-state index in [1.807, 2.05) is 41.7 Å². The van der Waals surface area contributed by atoms with Crippen molar-refractivity contribution in [1.29, 1.82) is 0 Å². The van der Waals surface area contributed by atoms with Crippen LogP contribution in [0.25, 0.3) is 0 Å². The lowest BCUT2D eigenvalue weighted by Gasteiger charge is -2.06. The Balaban J connectivity index is 1.37. The Labute approximate surface area is 129 Å². The first-order valence-electron chi connectivity index (χ1n) is 7.43. The van der Waals surface area contributed by atoms with Crippen molar-refractivity contribution in [2.24, 2.45) is 0 Å². The molecule has 1 aromatic heterocycles. The summed E-state index contributed by atoms with van der Waals surface area (Å²) in [5.74, 6) is 0.0444. The van der Waals surface area contributed by atoms with Crippen LogP contribution in [0.1, 0.15) is 27.3 Å². The van der Waals surface area contributed by atoms with E-state index in [9.17, 15) is 4.79 Å². The average molecular weight is 300 g/mol. The molecule has 2 aromatic rings. The molecule has 21 heavy (non-hydrogen) atoms. The first kappa shape index (κ1) is 14.3. The van der Waals surface area contributed by atoms with Crippen LogP contribution in [0.5, 0.6) is 0 Å². The number of amides is 1. The van der Waals surface area contributed by atoms with Crippen molar-refractivity contribution in [2.75, 3.05) is 6.54 Å². The number of carbonyl (C=O) groups excluding carboxylic acids is 1. The monoisotopic (exact) mass is 300 g/mol. The molecule has 1 heterocycles. The van der Waals surface area contributed by atoms with Gasteiger partial charge in [-0.1, -0.05) is 30.3 Å². The van der Waals surface area contributed by atoms with Crippen molar-refractivity contribution in [3.05, 3.63) is 57.3 Å². The van der Waals surface area contributed by atoms with Gasteiger partial charge in [0, 0.05) is 22.8 Å². The number of aryl methyl sites for hydroxylation is 2. The number of benzene rings is 1. The molecule has 1 aliphatic rings. The number of fused-ring (bicyclic) bond motifs is 1. The molecule has 0 fully saturated rings. The van der Waals surface area contributed by atoms with Crippen LogP contribution in [0, 0.1) is 0 Å². The molecule has 1 aromatic carbocycles. The highest BCUT2D eigenvalue weighted by Crippen LogP contribution is 2.30. The van der Waals surface area contributed by atoms with Gasteiger partial charge in [-0.15, -0.1) is 11.3 Å². The fourth-order valence-corrected chi connectivity index (χ4v) is 3.87. The number of thiophene rings is 1. The zero-order chi connectivity index (χ0) is 14.5. The van der Waals surface area contributed by atoms with Gasteiger partial charge in [-0.2, -0.15) is 0 Å². The molecule has 0 saturated carbocycles. The van der Waals surface area contributed by atoms with Crippen molar-refractivity contribution in [3.63, 3.8) is 0 Å². The zero-order valence-corrected chi connectivity index (χ0v) is 12.8. The normalized spacial score (nSPS) is 13.1. The maximum absolute atomic E-state index is 11.8. The maximum Gasteiger partial charge on any atom is 0.234 e. The molecule has 4 heteroatoms. The second-order valence-corrected chi connectivity index (χ2v) is 6.60. The molecule has 0 radical (unpaired) electrons. The van der Waals surface area contributed by atoms with Gasteiger partial charge in [0.15, 0.2) is 0 Å². The minimum Gasteiger partial charge on any atom is -0.351 e. The first-order valence-corrected chi connectivity index (χ1v) is 8.25. The molecule has 110 valence electrons. The van der Waals surface area contributed by atoms with Gasteiger partial charge in [0.05, 0.1) is 6.54 Å². The highest BCUT2D eigenvalue weighted by molar-refractivity contribution is 7.12. The molecule has 1 amide bonds. The van der Waals surface area contributed by atoms with Crippen molar-refractivity contribution >= 4 is 17.2 Å². The van der Waals surface area contributed by atoms with E-state index in [2.05, 4.69) is 16.7 Å². The van der Waals surface area contributed by atoms with Gasteiger partial charge in [-0.05, 0) is 36.5 Å². The van der Waals surface area contributed by atoms with Crippen molar-refractivity contribution in [3.8, 4) is 0 Å². The molecule has 1 aliphatic carbocycles. The molecule has 0 bridgehead atoms. The number of nitrogens with one attached hydrogen (secondary N) is 2. The third-order valence-corrected chi connectivity index (χ3v) is 4.95. The second-order valence-electron chi connectivity index (χ2n) is 5.38. The summed E-state index contributed by atoms with van der Waals surface area (Å²) < 4.78 is 0. The van der Waals surface area contributed by atoms with Crippen LogP contribution >= 0.6 is 11.3 Å². The van der Waals surface area contributed by atoms with Crippen LogP contribution in [0.3, 0.4) is 0 Å². The largest absolute Gasteiger partial charge is 0.351 e. The van der Waals surface area contributed by atoms with E-state index >= 15 is 0 Å². The Kier molecular flexibility index (Phi) is 4.68. The Morgan fingerprint density at radius 3 is 2.81 bits per heavy atom. The molecular weight excluding hydrogens is 280 g/mol. The molecule has 3 nitrogen and oxygen atoms in total. The van der Waals surface area contributed by atoms with E-state index in [0.29, 0.717) is 13.1 Å². The van der Waals surface area contributed by atoms with Gasteiger partial charge in [0.2, 0.25) is 5.91 Å². The standard InChI is InChI=1S/C17H20N2OS/c20-17(19-10-13-5-2-1-3-6-13)12-18-11-15-9-14-7-4-8-16(14)21-15/h1-3,5-6,9,18H,4,7-8,10-12H2,(H,19,20). The highest BCUT2D eigenvalue weighted by Gasteiger charge is 2.14. The molecule has 0 spiro atoms. The lowest BCUT2D eigenvalue weighted by atomic mass is 10.2. The number of hydrogen-bond acceptors (Lipinski definition) is 3. The highest BCUT2D eigenvalue weighted by atomic mass is 32.1. The summed E-state index contributed by atoms with van der Waals surface area (Å²) in [6.07, 6.45) is 3.76. The van der Waals surface area contributed by atoms with Gasteiger partial charge in [-0.25, -0.2) is 0 Å². The summed E-state index contributed by atoms with van der Waals surface area (Å²) in [5, 5.41) is 6.15. The molecule has 3 rings (SSSR count). The molecule has 0 saturated heterocycles. The Hall–Kier alpha value is -1.65. The van der Waals surface area contributed by atoms with Crippen LogP contribution in [0.15, 0.2) is 36.4 Å². The van der Waals surface area contributed by atoms with E-state index in [4.69, 9.17) is 0 Å². The van der Waals surface area contributed by atoms with Crippen LogP contribution < -0.4 is 10.6 Å². The molecule has 2 N–H and O–H groups in total. The molecule has 0 aliphatic heterocycles. The number of hydrogen-bond donors (Lipinski definition) is 2. The summed E-state index contributed by atoms with van der Waals surface area (Å²) in [7, 11) is 0. The maximum atomic E-state index is 11.8. The van der Waals surface area contributed by atoms with E-state index in [1.54, 1.807) is 4.88 Å². The van der Waals surface area contributed by atoms with Crippen molar-refractivity contribution in [1.82, 2.24) is 10.6 Å². The second kappa shape index (κ2) is 6.87. The number of carbonyl (C=O) groups is 1. The van der Waals surface area contributed by atoms with E-state index in [-0.39, 0.29) is 5.91 Å². The van der Waals surface area contributed by atoms with Crippen LogP contribution in [-0.4, -0.2) is 12.5 Å². The lowest BCUT2D eigenvalue weighted by molar-refractivity contribution is -0.120. The number of rotatable bonds is 6. The van der Waals surface area contributed by atoms with Gasteiger partial charge in [0.25, 0.3) is 0 Å². The smallest absolute Gasteiger partial charge is 0.234 e. The zero-order valence-electron chi connectivity index (χ0n) is 12.0. The Morgan fingerprint density at radius 2 is 2.00 bits per heavy atom. The van der Waals surface area contributed by atoms with Crippen molar-refractivity contribution < 1.29 is 4.79 Å². The fraction of sp³-hybridized carbons (Fsp3) is 0.353. The summed E-state index contributed by atoms with van der Waals surface area (Å²) in [6, 6.07) is 12.3. The quantitative estimate of drug-likeness (QED) is 0.861. The van der Waals surface area contributed by atoms with Gasteiger partial charge in [0.1, 0.15) is 0 Å². The summed E-state index contributed by atoms with van der Waals surface area (Å²) in [6.45, 7) is 1.75. The van der Waals surface area contributed by atoms with E-state index in [0.717, 1.165) is 12.1 Å². The first-order chi connectivity index (χ1) is 10.3. The summed E-state index contributed by atoms with van der Waals surface area (Å²) in [4.78, 5) is 14.7. The van der Waals surface area contributed by atoms with E-state index in [1.165, 1.54) is 29.7 Å². The predicted octanol–water partition coefficient (Wildman–Crippen LogP) is 2.64. The van der Waals surface area contributed by atoms with Gasteiger partial charge < -0.3 is 10.6 Å². The summed E-state index contributed by atoms with van der Waals surface area (Å²) in [5.41, 5.74) is 2.64. The average Bonchev–Trinajstić information content (AvgIpc) is 3.07. The van der Waals surface area contributed by atoms with Crippen LogP contribution in [0.2, 0.25) is 0 Å². The predicted molar refractivity (Wildman–Crippen MR) is 86.3 cm³/mol. The molecule has 0 unspecified atom stereocenters. The van der Waals surface area contributed by atoms with E-state index < -0.39 is 0 Å². The Morgan fingerprint density at radius 1 is 1.14 bits per heavy atom. The molecule has 0 atom stereocenters. The Bertz CT molecular complexity index is 585. The fourth-order valence-electron chi connectivity index (χ4n) is 2.64. The van der Waals surface area contributed by atoms with Crippen molar-refractivity contribution in [2.45, 2.75) is 32.4 Å². The SMILES string of the molecule is O=C(CNCc1cc2c(s1)CCC2)NCc1ccccc1. The van der Waals surface area contributed by atoms with Gasteiger partial charge in [-0.3, -0.25) is 4.79 Å². The minimum absolute atomic E-state index is 0.0444. The topological polar surface area (TPSA) is 41.1 Å². The molecular formula is C17H20N2OS.